The predicted molar refractivity (Wildman–Crippen MR) is 106 cm³/mol. The van der Waals surface area contributed by atoms with Crippen molar-refractivity contribution in [2.45, 2.75) is 32.7 Å². The summed E-state index contributed by atoms with van der Waals surface area (Å²) in [6.45, 7) is 5.73. The van der Waals surface area contributed by atoms with Gasteiger partial charge in [-0.25, -0.2) is 0 Å². The minimum atomic E-state index is -0.192. The molecule has 9 nitrogen and oxygen atoms in total. The van der Waals surface area contributed by atoms with Gasteiger partial charge in [-0.1, -0.05) is 0 Å². The Labute approximate surface area is 170 Å². The van der Waals surface area contributed by atoms with Gasteiger partial charge in [-0.3, -0.25) is 14.4 Å². The fourth-order valence-corrected chi connectivity index (χ4v) is 3.53. The molecule has 0 spiro atoms. The number of hydrogen-bond donors (Lipinski definition) is 4. The molecule has 29 heavy (non-hydrogen) atoms. The normalized spacial score (nSPS) is 20.2. The first-order valence-electron chi connectivity index (χ1n) is 10.0. The van der Waals surface area contributed by atoms with Crippen LogP contribution in [0.1, 0.15) is 26.7 Å². The van der Waals surface area contributed by atoms with Gasteiger partial charge in [0.25, 0.3) is 5.91 Å². The molecule has 0 atom stereocenters. The molecule has 4 N–H and O–H groups in total. The predicted octanol–water partition coefficient (Wildman–Crippen LogP) is -0.710. The first-order valence-corrected chi connectivity index (χ1v) is 10.0. The maximum Gasteiger partial charge on any atom is 0.275 e. The van der Waals surface area contributed by atoms with Gasteiger partial charge in [0.2, 0.25) is 18.6 Å². The molecular formula is C20H29N4O5+. The van der Waals surface area contributed by atoms with Gasteiger partial charge >= 0.3 is 0 Å². The molecule has 1 aromatic rings. The van der Waals surface area contributed by atoms with Crippen LogP contribution in [0, 0.1) is 5.92 Å². The number of nitrogens with one attached hydrogen (secondary N) is 4. The second kappa shape index (κ2) is 9.60. The molecule has 3 amide bonds. The lowest BCUT2D eigenvalue weighted by molar-refractivity contribution is -0.897. The number of benzene rings is 1. The van der Waals surface area contributed by atoms with E-state index in [4.69, 9.17) is 9.47 Å². The molecule has 158 valence electrons. The largest absolute Gasteiger partial charge is 0.454 e. The number of piperidine rings is 1. The van der Waals surface area contributed by atoms with E-state index in [1.165, 1.54) is 0 Å². The quantitative estimate of drug-likeness (QED) is 0.479. The van der Waals surface area contributed by atoms with Crippen molar-refractivity contribution in [3.63, 3.8) is 0 Å². The Hall–Kier alpha value is -2.81. The van der Waals surface area contributed by atoms with Gasteiger partial charge in [0.05, 0.1) is 19.6 Å². The molecule has 0 aliphatic carbocycles. The van der Waals surface area contributed by atoms with Crippen molar-refractivity contribution in [2.24, 2.45) is 5.92 Å². The van der Waals surface area contributed by atoms with E-state index in [0.29, 0.717) is 36.6 Å². The SMILES string of the molecule is CC(C)NC(=O)CNC(=O)C[NH+]1CCC(C(=O)Nc2ccc3c(c2)OCO3)CC1. The number of hydrogen-bond acceptors (Lipinski definition) is 5. The lowest BCUT2D eigenvalue weighted by Crippen LogP contribution is -3.14. The molecule has 9 heteroatoms. The molecular weight excluding hydrogens is 376 g/mol. The number of anilines is 1. The average Bonchev–Trinajstić information content (AvgIpc) is 3.14. The van der Waals surface area contributed by atoms with E-state index in [1.54, 1.807) is 18.2 Å². The van der Waals surface area contributed by atoms with Gasteiger partial charge in [0.15, 0.2) is 18.0 Å². The Balaban J connectivity index is 1.38. The number of likely N-dealkylation sites (tertiary alicyclic amines) is 1. The Kier molecular flexibility index (Phi) is 6.92. The monoisotopic (exact) mass is 405 g/mol. The zero-order valence-corrected chi connectivity index (χ0v) is 16.9. The second-order valence-electron chi connectivity index (χ2n) is 7.76. The number of amides is 3. The Morgan fingerprint density at radius 3 is 2.55 bits per heavy atom. The molecule has 0 saturated carbocycles. The number of rotatable bonds is 7. The highest BCUT2D eigenvalue weighted by Gasteiger charge is 2.29. The maximum atomic E-state index is 12.5. The highest BCUT2D eigenvalue weighted by Crippen LogP contribution is 2.34. The van der Waals surface area contributed by atoms with Crippen LogP contribution in [0.4, 0.5) is 5.69 Å². The summed E-state index contributed by atoms with van der Waals surface area (Å²) >= 11 is 0. The van der Waals surface area contributed by atoms with Crippen LogP contribution in [0.3, 0.4) is 0 Å². The molecule has 0 aromatic heterocycles. The van der Waals surface area contributed by atoms with E-state index in [9.17, 15) is 14.4 Å². The van der Waals surface area contributed by atoms with Gasteiger partial charge in [-0.2, -0.15) is 0 Å². The minimum absolute atomic E-state index is 0.00907. The summed E-state index contributed by atoms with van der Waals surface area (Å²) in [5.41, 5.74) is 0.688. The second-order valence-corrected chi connectivity index (χ2v) is 7.76. The average molecular weight is 405 g/mol. The third-order valence-corrected chi connectivity index (χ3v) is 5.01. The molecule has 2 heterocycles. The third kappa shape index (κ3) is 6.08. The fraction of sp³-hybridized carbons (Fsp3) is 0.550. The van der Waals surface area contributed by atoms with E-state index >= 15 is 0 Å². The first kappa shape index (κ1) is 20.9. The molecule has 3 rings (SSSR count). The summed E-state index contributed by atoms with van der Waals surface area (Å²) in [7, 11) is 0. The summed E-state index contributed by atoms with van der Waals surface area (Å²) in [6.07, 6.45) is 1.43. The van der Waals surface area contributed by atoms with E-state index in [1.807, 2.05) is 13.8 Å². The smallest absolute Gasteiger partial charge is 0.275 e. The van der Waals surface area contributed by atoms with Crippen molar-refractivity contribution in [2.75, 3.05) is 38.3 Å². The third-order valence-electron chi connectivity index (χ3n) is 5.01. The van der Waals surface area contributed by atoms with Crippen LogP contribution in [0.2, 0.25) is 0 Å². The minimum Gasteiger partial charge on any atom is -0.454 e. The van der Waals surface area contributed by atoms with Crippen molar-refractivity contribution in [1.29, 1.82) is 0 Å². The van der Waals surface area contributed by atoms with Crippen molar-refractivity contribution in [3.05, 3.63) is 18.2 Å². The zero-order chi connectivity index (χ0) is 20.8. The van der Waals surface area contributed by atoms with Crippen LogP contribution in [-0.4, -0.2) is 56.7 Å². The van der Waals surface area contributed by atoms with E-state index in [0.717, 1.165) is 18.0 Å². The van der Waals surface area contributed by atoms with Crippen LogP contribution in [0.15, 0.2) is 18.2 Å². The van der Waals surface area contributed by atoms with Gasteiger partial charge in [0.1, 0.15) is 0 Å². The maximum absolute atomic E-state index is 12.5. The fourth-order valence-electron chi connectivity index (χ4n) is 3.53. The Morgan fingerprint density at radius 2 is 1.83 bits per heavy atom. The standard InChI is InChI=1S/C20H28N4O5/c1-13(2)22-18(25)10-21-19(26)11-24-7-5-14(6-8-24)20(27)23-15-3-4-16-17(9-15)29-12-28-16/h3-4,9,13-14H,5-8,10-12H2,1-2H3,(H,21,26)(H,22,25)(H,23,27)/p+1. The summed E-state index contributed by atoms with van der Waals surface area (Å²) in [6, 6.07) is 5.39. The topological polar surface area (TPSA) is 110 Å². The van der Waals surface area contributed by atoms with Crippen LogP contribution in [-0.2, 0) is 14.4 Å². The first-order chi connectivity index (χ1) is 13.9. The lowest BCUT2D eigenvalue weighted by Gasteiger charge is -2.28. The van der Waals surface area contributed by atoms with Crippen LogP contribution in [0.5, 0.6) is 11.5 Å². The molecule has 0 unspecified atom stereocenters. The van der Waals surface area contributed by atoms with Gasteiger partial charge in [-0.05, 0) is 26.0 Å². The van der Waals surface area contributed by atoms with E-state index < -0.39 is 0 Å². The molecule has 1 saturated heterocycles. The number of fused-ring (bicyclic) bond motifs is 1. The number of carbonyl (C=O) groups is 3. The van der Waals surface area contributed by atoms with Crippen molar-refractivity contribution < 1.29 is 28.8 Å². The summed E-state index contributed by atoms with van der Waals surface area (Å²) in [4.78, 5) is 37.3. The molecule has 0 bridgehead atoms. The number of quaternary nitrogens is 1. The highest BCUT2D eigenvalue weighted by atomic mass is 16.7. The molecule has 1 aromatic carbocycles. The molecule has 0 radical (unpaired) electrons. The summed E-state index contributed by atoms with van der Waals surface area (Å²) in [5, 5.41) is 8.32. The Bertz CT molecular complexity index is 759. The Morgan fingerprint density at radius 1 is 1.10 bits per heavy atom. The van der Waals surface area contributed by atoms with Crippen LogP contribution >= 0.6 is 0 Å². The van der Waals surface area contributed by atoms with Crippen LogP contribution < -0.4 is 30.3 Å². The number of carbonyl (C=O) groups excluding carboxylic acids is 3. The summed E-state index contributed by atoms with van der Waals surface area (Å²) in [5.74, 6) is 0.876. The van der Waals surface area contributed by atoms with Crippen LogP contribution in [0.25, 0.3) is 0 Å². The lowest BCUT2D eigenvalue weighted by atomic mass is 9.96. The van der Waals surface area contributed by atoms with Gasteiger partial charge in [0, 0.05) is 36.6 Å². The zero-order valence-electron chi connectivity index (χ0n) is 16.9. The van der Waals surface area contributed by atoms with E-state index in [2.05, 4.69) is 16.0 Å². The van der Waals surface area contributed by atoms with Gasteiger partial charge < -0.3 is 30.3 Å². The highest BCUT2D eigenvalue weighted by molar-refractivity contribution is 5.93. The van der Waals surface area contributed by atoms with E-state index in [-0.39, 0.29) is 43.0 Å². The van der Waals surface area contributed by atoms with Crippen molar-refractivity contribution in [1.82, 2.24) is 10.6 Å². The number of ether oxygens (including phenoxy) is 2. The summed E-state index contributed by atoms with van der Waals surface area (Å²) < 4.78 is 10.6. The molecule has 2 aliphatic rings. The van der Waals surface area contributed by atoms with Gasteiger partial charge in [-0.15, -0.1) is 0 Å². The van der Waals surface area contributed by atoms with Crippen molar-refractivity contribution >= 4 is 23.4 Å². The molecule has 1 fully saturated rings. The molecule has 2 aliphatic heterocycles. The van der Waals surface area contributed by atoms with Crippen molar-refractivity contribution in [3.8, 4) is 11.5 Å².